The van der Waals surface area contributed by atoms with Gasteiger partial charge < -0.3 is 10.1 Å². The predicted octanol–water partition coefficient (Wildman–Crippen LogP) is 3.39. The number of amides is 1. The number of ether oxygens (including phenoxy) is 1. The van der Waals surface area contributed by atoms with Crippen LogP contribution in [0.15, 0.2) is 42.5 Å². The quantitative estimate of drug-likeness (QED) is 0.919. The van der Waals surface area contributed by atoms with Gasteiger partial charge >= 0.3 is 0 Å². The molecule has 22 heavy (non-hydrogen) atoms. The summed E-state index contributed by atoms with van der Waals surface area (Å²) >= 11 is 0. The summed E-state index contributed by atoms with van der Waals surface area (Å²) in [5.41, 5.74) is 1.79. The molecule has 1 N–H and O–H groups in total. The summed E-state index contributed by atoms with van der Waals surface area (Å²) in [7, 11) is 1.54. The summed E-state index contributed by atoms with van der Waals surface area (Å²) in [6.07, 6.45) is -0.339. The molecule has 1 unspecified atom stereocenters. The lowest BCUT2D eigenvalue weighted by molar-refractivity contribution is 0.0823. The summed E-state index contributed by atoms with van der Waals surface area (Å²) < 4.78 is 31.8. The third-order valence-corrected chi connectivity index (χ3v) is 3.44. The Morgan fingerprint density at radius 3 is 2.59 bits per heavy atom. The van der Waals surface area contributed by atoms with E-state index in [0.29, 0.717) is 6.07 Å². The Morgan fingerprint density at radius 1 is 1.23 bits per heavy atom. The van der Waals surface area contributed by atoms with E-state index in [4.69, 9.17) is 4.74 Å². The van der Waals surface area contributed by atoms with Gasteiger partial charge in [0, 0.05) is 19.7 Å². The van der Waals surface area contributed by atoms with Gasteiger partial charge in [-0.3, -0.25) is 4.79 Å². The zero-order valence-corrected chi connectivity index (χ0v) is 12.4. The maximum atomic E-state index is 13.6. The molecule has 0 saturated carbocycles. The Bertz CT molecular complexity index is 673. The zero-order valence-electron chi connectivity index (χ0n) is 12.4. The van der Waals surface area contributed by atoms with Gasteiger partial charge in [-0.1, -0.05) is 24.3 Å². The van der Waals surface area contributed by atoms with E-state index in [9.17, 15) is 13.6 Å². The molecule has 2 aromatic rings. The maximum Gasteiger partial charge on any atom is 0.254 e. The largest absolute Gasteiger partial charge is 0.375 e. The molecule has 0 fully saturated rings. The van der Waals surface area contributed by atoms with Crippen molar-refractivity contribution >= 4 is 5.91 Å². The highest BCUT2D eigenvalue weighted by Crippen LogP contribution is 2.20. The molecule has 116 valence electrons. The van der Waals surface area contributed by atoms with Gasteiger partial charge in [0.25, 0.3) is 5.91 Å². The van der Waals surface area contributed by atoms with Gasteiger partial charge in [-0.2, -0.15) is 0 Å². The van der Waals surface area contributed by atoms with Gasteiger partial charge in [0.15, 0.2) is 0 Å². The molecular formula is C17H17F2NO2. The summed E-state index contributed by atoms with van der Waals surface area (Å²) in [4.78, 5) is 12.0. The van der Waals surface area contributed by atoms with E-state index in [1.54, 1.807) is 7.11 Å². The molecule has 1 amide bonds. The third kappa shape index (κ3) is 3.68. The van der Waals surface area contributed by atoms with Gasteiger partial charge in [0.05, 0.1) is 11.7 Å². The third-order valence-electron chi connectivity index (χ3n) is 3.44. The lowest BCUT2D eigenvalue weighted by Gasteiger charge is -2.18. The van der Waals surface area contributed by atoms with Crippen LogP contribution in [0, 0.1) is 18.6 Å². The highest BCUT2D eigenvalue weighted by atomic mass is 19.1. The number of halogens is 2. The number of hydrogen-bond donors (Lipinski definition) is 1. The van der Waals surface area contributed by atoms with Crippen molar-refractivity contribution in [3.8, 4) is 0 Å². The Labute approximate surface area is 127 Å². The predicted molar refractivity (Wildman–Crippen MR) is 79.6 cm³/mol. The molecular weight excluding hydrogens is 288 g/mol. The Kier molecular flexibility index (Phi) is 5.22. The molecule has 0 aliphatic carbocycles. The molecule has 3 nitrogen and oxygen atoms in total. The first-order chi connectivity index (χ1) is 10.5. The number of rotatable bonds is 5. The topological polar surface area (TPSA) is 38.3 Å². The van der Waals surface area contributed by atoms with Crippen molar-refractivity contribution < 1.29 is 18.3 Å². The number of methoxy groups -OCH3 is 1. The molecule has 0 heterocycles. The highest BCUT2D eigenvalue weighted by molar-refractivity contribution is 5.94. The van der Waals surface area contributed by atoms with Crippen LogP contribution >= 0.6 is 0 Å². The molecule has 0 spiro atoms. The molecule has 0 aliphatic heterocycles. The summed E-state index contributed by atoms with van der Waals surface area (Å²) in [5, 5.41) is 2.61. The molecule has 0 saturated heterocycles. The van der Waals surface area contributed by atoms with Gasteiger partial charge in [-0.05, 0) is 30.2 Å². The van der Waals surface area contributed by atoms with E-state index in [1.165, 1.54) is 0 Å². The Hall–Kier alpha value is -2.27. The zero-order chi connectivity index (χ0) is 16.1. The SMILES string of the molecule is COC(CNC(=O)c1ccc(F)cc1F)c1ccccc1C. The van der Waals surface area contributed by atoms with Crippen LogP contribution in [0.5, 0.6) is 0 Å². The van der Waals surface area contributed by atoms with Crippen molar-refractivity contribution in [3.05, 3.63) is 70.8 Å². The van der Waals surface area contributed by atoms with Crippen LogP contribution in [0.4, 0.5) is 8.78 Å². The first-order valence-corrected chi connectivity index (χ1v) is 6.84. The minimum absolute atomic E-state index is 0.191. The normalized spacial score (nSPS) is 12.0. The van der Waals surface area contributed by atoms with Crippen LogP contribution in [0.2, 0.25) is 0 Å². The van der Waals surface area contributed by atoms with Crippen molar-refractivity contribution in [2.24, 2.45) is 0 Å². The number of hydrogen-bond acceptors (Lipinski definition) is 2. The van der Waals surface area contributed by atoms with E-state index in [2.05, 4.69) is 5.32 Å². The first-order valence-electron chi connectivity index (χ1n) is 6.84. The van der Waals surface area contributed by atoms with Crippen molar-refractivity contribution in [1.29, 1.82) is 0 Å². The van der Waals surface area contributed by atoms with E-state index < -0.39 is 17.5 Å². The fourth-order valence-electron chi connectivity index (χ4n) is 2.22. The number of carbonyl (C=O) groups is 1. The average Bonchev–Trinajstić information content (AvgIpc) is 2.49. The van der Waals surface area contributed by atoms with E-state index in [1.807, 2.05) is 31.2 Å². The van der Waals surface area contributed by atoms with Crippen molar-refractivity contribution in [2.75, 3.05) is 13.7 Å². The van der Waals surface area contributed by atoms with Crippen LogP contribution in [0.25, 0.3) is 0 Å². The lowest BCUT2D eigenvalue weighted by Crippen LogP contribution is -2.30. The van der Waals surface area contributed by atoms with Gasteiger partial charge in [0.2, 0.25) is 0 Å². The van der Waals surface area contributed by atoms with Gasteiger partial charge in [0.1, 0.15) is 11.6 Å². The van der Waals surface area contributed by atoms with Gasteiger partial charge in [-0.25, -0.2) is 8.78 Å². The van der Waals surface area contributed by atoms with Crippen LogP contribution in [0.1, 0.15) is 27.6 Å². The van der Waals surface area contributed by atoms with E-state index >= 15 is 0 Å². The monoisotopic (exact) mass is 305 g/mol. The van der Waals surface area contributed by atoms with Crippen LogP contribution in [-0.2, 0) is 4.74 Å². The maximum absolute atomic E-state index is 13.6. The summed E-state index contributed by atoms with van der Waals surface area (Å²) in [6, 6.07) is 10.5. The van der Waals surface area contributed by atoms with Crippen LogP contribution in [-0.4, -0.2) is 19.6 Å². The second kappa shape index (κ2) is 7.13. The second-order valence-electron chi connectivity index (χ2n) is 4.92. The van der Waals surface area contributed by atoms with Crippen molar-refractivity contribution in [1.82, 2.24) is 5.32 Å². The minimum Gasteiger partial charge on any atom is -0.375 e. The van der Waals surface area contributed by atoms with E-state index in [0.717, 1.165) is 23.3 Å². The van der Waals surface area contributed by atoms with Crippen molar-refractivity contribution in [2.45, 2.75) is 13.0 Å². The lowest BCUT2D eigenvalue weighted by atomic mass is 10.0. The highest BCUT2D eigenvalue weighted by Gasteiger charge is 2.17. The van der Waals surface area contributed by atoms with E-state index in [-0.39, 0.29) is 18.2 Å². The first kappa shape index (κ1) is 16.1. The molecule has 2 rings (SSSR count). The Morgan fingerprint density at radius 2 is 1.95 bits per heavy atom. The fraction of sp³-hybridized carbons (Fsp3) is 0.235. The molecule has 1 atom stereocenters. The molecule has 0 aromatic heterocycles. The summed E-state index contributed by atoms with van der Waals surface area (Å²) in [6.45, 7) is 2.14. The summed E-state index contributed by atoms with van der Waals surface area (Å²) in [5.74, 6) is -2.21. The van der Waals surface area contributed by atoms with Crippen molar-refractivity contribution in [3.63, 3.8) is 0 Å². The minimum atomic E-state index is -0.887. The standard InChI is InChI=1S/C17H17F2NO2/c1-11-5-3-4-6-13(11)16(22-2)10-20-17(21)14-8-7-12(18)9-15(14)19/h3-9,16H,10H2,1-2H3,(H,20,21). The number of nitrogens with one attached hydrogen (secondary N) is 1. The molecule has 0 bridgehead atoms. The smallest absolute Gasteiger partial charge is 0.254 e. The molecule has 0 radical (unpaired) electrons. The molecule has 0 aliphatic rings. The van der Waals surface area contributed by atoms with Gasteiger partial charge in [-0.15, -0.1) is 0 Å². The number of carbonyl (C=O) groups excluding carboxylic acids is 1. The molecule has 5 heteroatoms. The second-order valence-corrected chi connectivity index (χ2v) is 4.92. The number of aryl methyl sites for hydroxylation is 1. The fourth-order valence-corrected chi connectivity index (χ4v) is 2.22. The Balaban J connectivity index is 2.07. The van der Waals surface area contributed by atoms with Crippen LogP contribution < -0.4 is 5.32 Å². The average molecular weight is 305 g/mol. The molecule has 2 aromatic carbocycles. The van der Waals surface area contributed by atoms with Crippen LogP contribution in [0.3, 0.4) is 0 Å². The number of benzene rings is 2.